The second-order valence-electron chi connectivity index (χ2n) is 2.61. The number of nitrogens with zero attached hydrogens (tertiary/aromatic N) is 1. The quantitative estimate of drug-likeness (QED) is 0.568. The van der Waals surface area contributed by atoms with Crippen LogP contribution in [0.15, 0.2) is 0 Å². The molecule has 1 saturated heterocycles. The minimum atomic E-state index is -1.69. The van der Waals surface area contributed by atoms with Crippen molar-refractivity contribution in [1.29, 1.82) is 0 Å². The van der Waals surface area contributed by atoms with Crippen molar-refractivity contribution < 1.29 is 5.11 Å². The van der Waals surface area contributed by atoms with E-state index in [4.69, 9.17) is 47.0 Å². The van der Waals surface area contributed by atoms with Crippen molar-refractivity contribution >= 4 is 52.0 Å². The lowest BCUT2D eigenvalue weighted by molar-refractivity contribution is 0.0653. The lowest BCUT2D eigenvalue weighted by atomic mass is 10.4. The van der Waals surface area contributed by atoms with Gasteiger partial charge in [0, 0.05) is 6.54 Å². The Morgan fingerprint density at radius 1 is 1.50 bits per heavy atom. The summed E-state index contributed by atoms with van der Waals surface area (Å²) in [4.78, 5) is 2.20. The van der Waals surface area contributed by atoms with E-state index in [2.05, 4.69) is 0 Å². The van der Waals surface area contributed by atoms with Crippen LogP contribution < -0.4 is 0 Å². The van der Waals surface area contributed by atoms with E-state index >= 15 is 0 Å². The standard InChI is InChI=1S/C6H8Cl3NOS/c7-6(8,9)5(11)10-3-1-2-4(10)12/h5,11H,1-3H2. The molecule has 2 nitrogen and oxygen atoms in total. The maximum Gasteiger partial charge on any atom is 0.234 e. The minimum Gasteiger partial charge on any atom is -0.369 e. The van der Waals surface area contributed by atoms with Crippen molar-refractivity contribution in [3.8, 4) is 0 Å². The highest BCUT2D eigenvalue weighted by atomic mass is 35.6. The van der Waals surface area contributed by atoms with Crippen LogP contribution in [-0.2, 0) is 0 Å². The van der Waals surface area contributed by atoms with Gasteiger partial charge in [0.1, 0.15) is 0 Å². The molecule has 1 rings (SSSR count). The third-order valence-electron chi connectivity index (χ3n) is 1.70. The second-order valence-corrected chi connectivity index (χ2v) is 5.45. The molecule has 1 unspecified atom stereocenters. The number of alkyl halides is 3. The van der Waals surface area contributed by atoms with Crippen LogP contribution in [0.25, 0.3) is 0 Å². The van der Waals surface area contributed by atoms with E-state index in [1.807, 2.05) is 0 Å². The van der Waals surface area contributed by atoms with E-state index < -0.39 is 10.0 Å². The van der Waals surface area contributed by atoms with Gasteiger partial charge >= 0.3 is 0 Å². The zero-order chi connectivity index (χ0) is 9.35. The highest BCUT2D eigenvalue weighted by Gasteiger charge is 2.38. The topological polar surface area (TPSA) is 23.5 Å². The van der Waals surface area contributed by atoms with Gasteiger partial charge in [-0.05, 0) is 12.8 Å². The molecule has 0 bridgehead atoms. The second kappa shape index (κ2) is 3.84. The molecule has 1 aliphatic rings. The molecule has 6 heteroatoms. The third kappa shape index (κ3) is 2.36. The molecule has 70 valence electrons. The summed E-state index contributed by atoms with van der Waals surface area (Å²) in [6.07, 6.45) is 0.571. The first-order chi connectivity index (χ1) is 5.43. The monoisotopic (exact) mass is 247 g/mol. The lowest BCUT2D eigenvalue weighted by Gasteiger charge is -2.29. The first-order valence-electron chi connectivity index (χ1n) is 3.47. The molecule has 0 aromatic rings. The Bertz CT molecular complexity index is 194. The Morgan fingerprint density at radius 2 is 2.08 bits per heavy atom. The zero-order valence-corrected chi connectivity index (χ0v) is 9.22. The molecule has 12 heavy (non-hydrogen) atoms. The van der Waals surface area contributed by atoms with Crippen LogP contribution in [0.3, 0.4) is 0 Å². The van der Waals surface area contributed by atoms with Crippen LogP contribution in [0.4, 0.5) is 0 Å². The molecule has 0 aromatic carbocycles. The summed E-state index contributed by atoms with van der Waals surface area (Å²) in [5.74, 6) is 0. The van der Waals surface area contributed by atoms with Crippen molar-refractivity contribution in [2.75, 3.05) is 6.54 Å². The SMILES string of the molecule is OC(N1CCCC1=S)C(Cl)(Cl)Cl. The molecule has 1 heterocycles. The van der Waals surface area contributed by atoms with Crippen molar-refractivity contribution in [3.63, 3.8) is 0 Å². The Labute approximate surface area is 91.4 Å². The Kier molecular flexibility index (Phi) is 3.46. The molecule has 0 spiro atoms. The van der Waals surface area contributed by atoms with E-state index in [0.717, 1.165) is 12.8 Å². The molecule has 0 aliphatic carbocycles. The highest BCUT2D eigenvalue weighted by molar-refractivity contribution is 7.80. The molecule has 1 fully saturated rings. The molecule has 0 amide bonds. The summed E-state index contributed by atoms with van der Waals surface area (Å²) in [5.41, 5.74) is 0. The average molecular weight is 249 g/mol. The summed E-state index contributed by atoms with van der Waals surface area (Å²) in [5, 5.41) is 9.50. The van der Waals surface area contributed by atoms with Gasteiger partial charge in [-0.15, -0.1) is 0 Å². The number of thiocarbonyl (C=S) groups is 1. The number of aliphatic hydroxyl groups excluding tert-OH is 1. The predicted molar refractivity (Wildman–Crippen MR) is 54.8 cm³/mol. The predicted octanol–water partition coefficient (Wildman–Crippen LogP) is 2.10. The molecule has 1 atom stereocenters. The van der Waals surface area contributed by atoms with Crippen molar-refractivity contribution in [3.05, 3.63) is 0 Å². The smallest absolute Gasteiger partial charge is 0.234 e. The van der Waals surface area contributed by atoms with Crippen LogP contribution in [-0.4, -0.2) is 31.6 Å². The normalized spacial score (nSPS) is 21.7. The van der Waals surface area contributed by atoms with Gasteiger partial charge in [0.15, 0.2) is 6.23 Å². The van der Waals surface area contributed by atoms with Crippen LogP contribution in [0.1, 0.15) is 12.8 Å². The van der Waals surface area contributed by atoms with E-state index in [9.17, 15) is 5.11 Å². The van der Waals surface area contributed by atoms with Gasteiger partial charge in [-0.25, -0.2) is 0 Å². The maximum atomic E-state index is 9.50. The zero-order valence-electron chi connectivity index (χ0n) is 6.14. The van der Waals surface area contributed by atoms with Gasteiger partial charge in [0.2, 0.25) is 3.79 Å². The van der Waals surface area contributed by atoms with Gasteiger partial charge in [-0.1, -0.05) is 47.0 Å². The van der Waals surface area contributed by atoms with Gasteiger partial charge in [0.25, 0.3) is 0 Å². The van der Waals surface area contributed by atoms with Gasteiger partial charge < -0.3 is 10.0 Å². The summed E-state index contributed by atoms with van der Waals surface area (Å²) in [6.45, 7) is 0.661. The maximum absolute atomic E-state index is 9.50. The number of rotatable bonds is 1. The number of aliphatic hydroxyl groups is 1. The third-order valence-corrected chi connectivity index (χ3v) is 2.72. The molecule has 0 aromatic heterocycles. The first kappa shape index (κ1) is 10.8. The number of hydrogen-bond donors (Lipinski definition) is 1. The number of hydrogen-bond acceptors (Lipinski definition) is 2. The summed E-state index contributed by atoms with van der Waals surface area (Å²) in [7, 11) is 0. The van der Waals surface area contributed by atoms with E-state index in [1.165, 1.54) is 0 Å². The fourth-order valence-electron chi connectivity index (χ4n) is 1.10. The Balaban J connectivity index is 2.63. The highest BCUT2D eigenvalue weighted by Crippen LogP contribution is 2.33. The van der Waals surface area contributed by atoms with Crippen molar-refractivity contribution in [1.82, 2.24) is 4.90 Å². The summed E-state index contributed by atoms with van der Waals surface area (Å²) < 4.78 is -1.69. The van der Waals surface area contributed by atoms with Crippen molar-refractivity contribution in [2.45, 2.75) is 22.9 Å². The van der Waals surface area contributed by atoms with E-state index in [0.29, 0.717) is 11.5 Å². The minimum absolute atomic E-state index is 0.661. The Hall–Kier alpha value is 0.720. The van der Waals surface area contributed by atoms with Crippen LogP contribution >= 0.6 is 47.0 Å². The van der Waals surface area contributed by atoms with E-state index in [-0.39, 0.29) is 0 Å². The fraction of sp³-hybridized carbons (Fsp3) is 0.833. The van der Waals surface area contributed by atoms with Crippen molar-refractivity contribution in [2.24, 2.45) is 0 Å². The molecular weight excluding hydrogens is 240 g/mol. The molecule has 0 radical (unpaired) electrons. The van der Waals surface area contributed by atoms with Gasteiger partial charge in [-0.2, -0.15) is 0 Å². The van der Waals surface area contributed by atoms with Crippen LogP contribution in [0.2, 0.25) is 0 Å². The molecule has 1 aliphatic heterocycles. The fourth-order valence-corrected chi connectivity index (χ4v) is 1.79. The largest absolute Gasteiger partial charge is 0.369 e. The molecular formula is C6H8Cl3NOS. The molecule has 1 N–H and O–H groups in total. The lowest BCUT2D eigenvalue weighted by Crippen LogP contribution is -2.43. The van der Waals surface area contributed by atoms with Gasteiger partial charge in [0.05, 0.1) is 4.99 Å². The Morgan fingerprint density at radius 3 is 2.42 bits per heavy atom. The summed E-state index contributed by atoms with van der Waals surface area (Å²) >= 11 is 21.5. The van der Waals surface area contributed by atoms with Crippen LogP contribution in [0, 0.1) is 0 Å². The van der Waals surface area contributed by atoms with Crippen LogP contribution in [0.5, 0.6) is 0 Å². The van der Waals surface area contributed by atoms with E-state index in [1.54, 1.807) is 4.90 Å². The molecule has 0 saturated carbocycles. The number of likely N-dealkylation sites (tertiary alicyclic amines) is 1. The summed E-state index contributed by atoms with van der Waals surface area (Å²) in [6, 6.07) is 0. The average Bonchev–Trinajstić information content (AvgIpc) is 2.31. The first-order valence-corrected chi connectivity index (χ1v) is 5.01. The number of halogens is 3. The van der Waals surface area contributed by atoms with Gasteiger partial charge in [-0.3, -0.25) is 0 Å².